The van der Waals surface area contributed by atoms with E-state index in [2.05, 4.69) is 21.2 Å². The molecule has 2 amide bonds. The molecular weight excluding hydrogens is 570 g/mol. The van der Waals surface area contributed by atoms with Crippen molar-refractivity contribution in [2.75, 3.05) is 20.3 Å². The standard InChI is InChI=1S/C31H35N5O8/c1-6-43-25-14-21(28-27(30(40)42-5)18(3)33-31(41)34-28)9-12-24(25)44-16-26(37)35-32-15-22-13-17(2)36(19(22)4)23-10-7-20(8-11-23)29(38)39/h7-15,26,28,35,37H,6,16H2,1-5H3,(H,38,39)(H2,33,34,41)/b32-15-/t26-,28+/m0/s1. The lowest BCUT2D eigenvalue weighted by molar-refractivity contribution is -0.136. The fourth-order valence-corrected chi connectivity index (χ4v) is 4.88. The molecule has 0 fully saturated rings. The first kappa shape index (κ1) is 31.6. The summed E-state index contributed by atoms with van der Waals surface area (Å²) >= 11 is 0. The summed E-state index contributed by atoms with van der Waals surface area (Å²) in [7, 11) is 1.27. The number of carbonyl (C=O) groups is 3. The average Bonchev–Trinajstić information content (AvgIpc) is 3.28. The lowest BCUT2D eigenvalue weighted by Gasteiger charge is -2.28. The molecule has 44 heavy (non-hydrogen) atoms. The zero-order valence-electron chi connectivity index (χ0n) is 25.0. The van der Waals surface area contributed by atoms with Crippen molar-refractivity contribution in [1.82, 2.24) is 20.6 Å². The van der Waals surface area contributed by atoms with Crippen LogP contribution in [0.3, 0.4) is 0 Å². The highest BCUT2D eigenvalue weighted by Gasteiger charge is 2.32. The van der Waals surface area contributed by atoms with Gasteiger partial charge in [-0.2, -0.15) is 5.10 Å². The molecule has 0 saturated carbocycles. The van der Waals surface area contributed by atoms with Crippen molar-refractivity contribution in [1.29, 1.82) is 0 Å². The SMILES string of the molecule is CCOc1cc([C@H]2NC(=O)NC(C)=C2C(=O)OC)ccc1OC[C@H](O)N/N=C\c1cc(C)n(-c2ccc(C(=O)O)cc2)c1C. The van der Waals surface area contributed by atoms with Gasteiger partial charge in [0.1, 0.15) is 6.61 Å². The van der Waals surface area contributed by atoms with Crippen LogP contribution in [0.1, 0.15) is 52.8 Å². The second kappa shape index (κ2) is 13.8. The Kier molecular flexibility index (Phi) is 9.91. The third-order valence-electron chi connectivity index (χ3n) is 6.94. The fraction of sp³-hybridized carbons (Fsp3) is 0.290. The molecule has 3 aromatic rings. The number of carbonyl (C=O) groups excluding carboxylic acids is 2. The topological polar surface area (TPSA) is 173 Å². The number of nitrogens with zero attached hydrogens (tertiary/aromatic N) is 2. The summed E-state index contributed by atoms with van der Waals surface area (Å²) < 4.78 is 18.4. The maximum atomic E-state index is 12.4. The van der Waals surface area contributed by atoms with Crippen LogP contribution >= 0.6 is 0 Å². The number of amides is 2. The molecule has 0 bridgehead atoms. The molecule has 2 heterocycles. The van der Waals surface area contributed by atoms with Crippen LogP contribution in [-0.4, -0.2) is 65.5 Å². The zero-order chi connectivity index (χ0) is 32.0. The van der Waals surface area contributed by atoms with Gasteiger partial charge in [-0.1, -0.05) is 6.07 Å². The van der Waals surface area contributed by atoms with Gasteiger partial charge in [-0.05, 0) is 75.7 Å². The largest absolute Gasteiger partial charge is 0.490 e. The van der Waals surface area contributed by atoms with Crippen LogP contribution in [-0.2, 0) is 9.53 Å². The van der Waals surface area contributed by atoms with Crippen LogP contribution in [0.25, 0.3) is 5.69 Å². The quantitative estimate of drug-likeness (QED) is 0.0899. The number of aromatic carboxylic acids is 1. The van der Waals surface area contributed by atoms with Crippen molar-refractivity contribution >= 4 is 24.2 Å². The molecule has 0 unspecified atom stereocenters. The van der Waals surface area contributed by atoms with Gasteiger partial charge < -0.3 is 39.6 Å². The second-order valence-corrected chi connectivity index (χ2v) is 9.93. The second-order valence-electron chi connectivity index (χ2n) is 9.93. The van der Waals surface area contributed by atoms with Crippen LogP contribution in [0.4, 0.5) is 4.79 Å². The normalized spacial score (nSPS) is 15.4. The lowest BCUT2D eigenvalue weighted by Crippen LogP contribution is -2.45. The number of hydrogen-bond donors (Lipinski definition) is 5. The van der Waals surface area contributed by atoms with Crippen molar-refractivity contribution < 1.29 is 38.8 Å². The maximum absolute atomic E-state index is 12.4. The van der Waals surface area contributed by atoms with E-state index in [1.807, 2.05) is 24.5 Å². The molecule has 0 aliphatic carbocycles. The van der Waals surface area contributed by atoms with Crippen molar-refractivity contribution in [2.24, 2.45) is 5.10 Å². The Morgan fingerprint density at radius 2 is 1.82 bits per heavy atom. The molecule has 13 heteroatoms. The monoisotopic (exact) mass is 605 g/mol. The van der Waals surface area contributed by atoms with Gasteiger partial charge in [-0.15, -0.1) is 0 Å². The molecule has 1 aliphatic heterocycles. The summed E-state index contributed by atoms with van der Waals surface area (Å²) in [6, 6.07) is 12.3. The van der Waals surface area contributed by atoms with Crippen LogP contribution in [0, 0.1) is 13.8 Å². The number of carboxylic acids is 1. The minimum Gasteiger partial charge on any atom is -0.490 e. The number of esters is 1. The number of carboxylic acid groups (broad SMARTS) is 1. The minimum absolute atomic E-state index is 0.164. The average molecular weight is 606 g/mol. The van der Waals surface area contributed by atoms with E-state index in [1.54, 1.807) is 62.5 Å². The molecule has 5 N–H and O–H groups in total. The number of methoxy groups -OCH3 is 1. The van der Waals surface area contributed by atoms with Gasteiger partial charge in [0.25, 0.3) is 0 Å². The summed E-state index contributed by atoms with van der Waals surface area (Å²) in [5, 5.41) is 29.1. The molecule has 1 aromatic heterocycles. The highest BCUT2D eigenvalue weighted by molar-refractivity contribution is 5.95. The number of urea groups is 1. The van der Waals surface area contributed by atoms with Crippen molar-refractivity contribution in [3.05, 3.63) is 87.9 Å². The highest BCUT2D eigenvalue weighted by Crippen LogP contribution is 2.35. The Labute approximate surface area is 254 Å². The zero-order valence-corrected chi connectivity index (χ0v) is 25.0. The van der Waals surface area contributed by atoms with E-state index in [1.165, 1.54) is 7.11 Å². The first-order valence-electron chi connectivity index (χ1n) is 13.8. The smallest absolute Gasteiger partial charge is 0.337 e. The lowest BCUT2D eigenvalue weighted by atomic mass is 9.95. The van der Waals surface area contributed by atoms with Gasteiger partial charge in [0.15, 0.2) is 17.7 Å². The van der Waals surface area contributed by atoms with Crippen molar-refractivity contribution in [2.45, 2.75) is 40.0 Å². The van der Waals surface area contributed by atoms with E-state index in [0.717, 1.165) is 22.6 Å². The van der Waals surface area contributed by atoms with Gasteiger partial charge in [0.2, 0.25) is 0 Å². The summed E-state index contributed by atoms with van der Waals surface area (Å²) in [5.41, 5.74) is 7.50. The summed E-state index contributed by atoms with van der Waals surface area (Å²) in [4.78, 5) is 35.8. The Morgan fingerprint density at radius 1 is 1.09 bits per heavy atom. The number of aryl methyl sites for hydroxylation is 1. The van der Waals surface area contributed by atoms with Gasteiger partial charge in [-0.25, -0.2) is 14.4 Å². The molecule has 1 aliphatic rings. The van der Waals surface area contributed by atoms with Gasteiger partial charge >= 0.3 is 18.0 Å². The number of allylic oxidation sites excluding steroid dienone is 1. The van der Waals surface area contributed by atoms with Crippen LogP contribution in [0.5, 0.6) is 11.5 Å². The predicted molar refractivity (Wildman–Crippen MR) is 161 cm³/mol. The Balaban J connectivity index is 1.42. The number of aromatic nitrogens is 1. The van der Waals surface area contributed by atoms with Crippen molar-refractivity contribution in [3.63, 3.8) is 0 Å². The molecule has 0 spiro atoms. The van der Waals surface area contributed by atoms with Gasteiger partial charge in [0, 0.05) is 28.3 Å². The molecule has 0 saturated heterocycles. The fourth-order valence-electron chi connectivity index (χ4n) is 4.88. The molecule has 13 nitrogen and oxygen atoms in total. The van der Waals surface area contributed by atoms with E-state index in [0.29, 0.717) is 29.4 Å². The van der Waals surface area contributed by atoms with Crippen LogP contribution in [0.15, 0.2) is 64.9 Å². The molecule has 2 atom stereocenters. The van der Waals surface area contributed by atoms with Crippen molar-refractivity contribution in [3.8, 4) is 17.2 Å². The molecule has 2 aromatic carbocycles. The summed E-state index contributed by atoms with van der Waals surface area (Å²) in [6.07, 6.45) is 0.420. The summed E-state index contributed by atoms with van der Waals surface area (Å²) in [6.45, 7) is 7.43. The third-order valence-corrected chi connectivity index (χ3v) is 6.94. The maximum Gasteiger partial charge on any atom is 0.337 e. The third kappa shape index (κ3) is 7.01. The Hall–Kier alpha value is -5.30. The molecule has 232 valence electrons. The number of nitrogens with one attached hydrogen (secondary N) is 3. The van der Waals surface area contributed by atoms with E-state index in [4.69, 9.17) is 19.3 Å². The van der Waals surface area contributed by atoms with Crippen LogP contribution in [0.2, 0.25) is 0 Å². The number of aliphatic hydroxyl groups excluding tert-OH is 1. The molecule has 0 radical (unpaired) electrons. The number of hydrogen-bond acceptors (Lipinski definition) is 9. The predicted octanol–water partition coefficient (Wildman–Crippen LogP) is 3.31. The van der Waals surface area contributed by atoms with E-state index < -0.39 is 30.2 Å². The van der Waals surface area contributed by atoms with Gasteiger partial charge in [0.05, 0.1) is 37.1 Å². The van der Waals surface area contributed by atoms with E-state index in [9.17, 15) is 19.5 Å². The first-order chi connectivity index (χ1) is 21.0. The molecule has 4 rings (SSSR count). The Bertz CT molecular complexity index is 1610. The number of hydrazone groups is 1. The van der Waals surface area contributed by atoms with Gasteiger partial charge in [-0.3, -0.25) is 5.43 Å². The molecular formula is C31H35N5O8. The van der Waals surface area contributed by atoms with Crippen LogP contribution < -0.4 is 25.5 Å². The number of benzene rings is 2. The highest BCUT2D eigenvalue weighted by atomic mass is 16.5. The van der Waals surface area contributed by atoms with E-state index >= 15 is 0 Å². The Morgan fingerprint density at radius 3 is 2.48 bits per heavy atom. The summed E-state index contributed by atoms with van der Waals surface area (Å²) in [5.74, 6) is -0.860. The first-order valence-corrected chi connectivity index (χ1v) is 13.8. The number of ether oxygens (including phenoxy) is 3. The number of aliphatic hydroxyl groups is 1. The number of rotatable bonds is 12. The van der Waals surface area contributed by atoms with E-state index in [-0.39, 0.29) is 17.7 Å². The minimum atomic E-state index is -1.16.